The molecule has 1 saturated carbocycles. The van der Waals surface area contributed by atoms with Gasteiger partial charge < -0.3 is 5.11 Å². The SMILES string of the molecule is CCC(C)C(=O)C1C(=O)C(CCC(C)C)C(CC(O)CCC(C)C)C1=O. The average Bonchev–Trinajstić information content (AvgIpc) is 2.79. The molecule has 0 heterocycles. The molecule has 4 nitrogen and oxygen atoms in total. The smallest absolute Gasteiger partial charge is 0.154 e. The number of aliphatic hydroxyl groups excluding tert-OH is 1. The Morgan fingerprint density at radius 1 is 0.923 bits per heavy atom. The lowest BCUT2D eigenvalue weighted by Crippen LogP contribution is -2.31. The normalized spacial score (nSPS) is 26.0. The van der Waals surface area contributed by atoms with E-state index >= 15 is 0 Å². The van der Waals surface area contributed by atoms with E-state index in [0.29, 0.717) is 37.5 Å². The van der Waals surface area contributed by atoms with Gasteiger partial charge in [0.25, 0.3) is 0 Å². The van der Waals surface area contributed by atoms with Gasteiger partial charge in [0.05, 0.1) is 6.10 Å². The van der Waals surface area contributed by atoms with E-state index in [1.54, 1.807) is 6.92 Å². The van der Waals surface area contributed by atoms with Crippen LogP contribution in [0.2, 0.25) is 0 Å². The Hall–Kier alpha value is -1.03. The summed E-state index contributed by atoms with van der Waals surface area (Å²) in [7, 11) is 0. The third-order valence-corrected chi connectivity index (χ3v) is 5.83. The molecule has 5 atom stereocenters. The zero-order valence-electron chi connectivity index (χ0n) is 17.5. The van der Waals surface area contributed by atoms with Crippen molar-refractivity contribution >= 4 is 17.3 Å². The van der Waals surface area contributed by atoms with E-state index in [1.165, 1.54) is 0 Å². The summed E-state index contributed by atoms with van der Waals surface area (Å²) in [5, 5.41) is 10.4. The summed E-state index contributed by atoms with van der Waals surface area (Å²) < 4.78 is 0. The summed E-state index contributed by atoms with van der Waals surface area (Å²) in [5.41, 5.74) is 0. The number of aliphatic hydroxyl groups is 1. The summed E-state index contributed by atoms with van der Waals surface area (Å²) >= 11 is 0. The third kappa shape index (κ3) is 6.00. The molecule has 4 heteroatoms. The fraction of sp³-hybridized carbons (Fsp3) is 0.864. The standard InChI is InChI=1S/C22H38O4/c1-7-15(6)20(24)19-21(25)17(11-9-14(4)5)18(22(19)26)12-16(23)10-8-13(2)3/h13-19,23H,7-12H2,1-6H3. The predicted octanol–water partition coefficient (Wildman–Crippen LogP) is 4.23. The van der Waals surface area contributed by atoms with Crippen molar-refractivity contribution in [3.8, 4) is 0 Å². The number of carbonyl (C=O) groups is 3. The van der Waals surface area contributed by atoms with Gasteiger partial charge in [-0.2, -0.15) is 0 Å². The molecule has 1 aliphatic carbocycles. The molecule has 1 aliphatic rings. The molecule has 150 valence electrons. The van der Waals surface area contributed by atoms with Crippen molar-refractivity contribution in [1.82, 2.24) is 0 Å². The van der Waals surface area contributed by atoms with E-state index in [2.05, 4.69) is 27.7 Å². The second-order valence-corrected chi connectivity index (χ2v) is 8.99. The summed E-state index contributed by atoms with van der Waals surface area (Å²) in [5.74, 6) is -2.00. The van der Waals surface area contributed by atoms with Crippen molar-refractivity contribution in [3.63, 3.8) is 0 Å². The van der Waals surface area contributed by atoms with E-state index in [1.807, 2.05) is 6.92 Å². The lowest BCUT2D eigenvalue weighted by molar-refractivity contribution is -0.139. The third-order valence-electron chi connectivity index (χ3n) is 5.83. The van der Waals surface area contributed by atoms with Crippen LogP contribution in [-0.2, 0) is 14.4 Å². The van der Waals surface area contributed by atoms with Gasteiger partial charge in [0.15, 0.2) is 17.3 Å². The van der Waals surface area contributed by atoms with E-state index in [-0.39, 0.29) is 23.3 Å². The minimum Gasteiger partial charge on any atom is -0.393 e. The van der Waals surface area contributed by atoms with Gasteiger partial charge in [0.1, 0.15) is 5.92 Å². The van der Waals surface area contributed by atoms with Crippen LogP contribution in [0, 0.1) is 35.5 Å². The van der Waals surface area contributed by atoms with Crippen molar-refractivity contribution in [2.75, 3.05) is 0 Å². The van der Waals surface area contributed by atoms with E-state index in [4.69, 9.17) is 0 Å². The van der Waals surface area contributed by atoms with Gasteiger partial charge in [-0.25, -0.2) is 0 Å². The molecule has 26 heavy (non-hydrogen) atoms. The average molecular weight is 367 g/mol. The molecule has 1 rings (SSSR count). The Balaban J connectivity index is 2.96. The Labute approximate surface area is 159 Å². The number of hydrogen-bond donors (Lipinski definition) is 1. The maximum Gasteiger partial charge on any atom is 0.154 e. The van der Waals surface area contributed by atoms with Gasteiger partial charge in [0, 0.05) is 17.8 Å². The molecule has 0 spiro atoms. The second-order valence-electron chi connectivity index (χ2n) is 8.99. The molecule has 0 aliphatic heterocycles. The van der Waals surface area contributed by atoms with Crippen LogP contribution in [-0.4, -0.2) is 28.6 Å². The highest BCUT2D eigenvalue weighted by atomic mass is 16.3. The van der Waals surface area contributed by atoms with Crippen LogP contribution < -0.4 is 0 Å². The van der Waals surface area contributed by atoms with Crippen molar-refractivity contribution < 1.29 is 19.5 Å². The number of ketones is 3. The Morgan fingerprint density at radius 2 is 1.46 bits per heavy atom. The number of hydrogen-bond acceptors (Lipinski definition) is 4. The molecule has 0 radical (unpaired) electrons. The molecule has 1 N–H and O–H groups in total. The second kappa shape index (κ2) is 10.3. The first-order valence-corrected chi connectivity index (χ1v) is 10.4. The molecule has 1 fully saturated rings. The van der Waals surface area contributed by atoms with Crippen molar-refractivity contribution in [2.45, 2.75) is 86.2 Å². The lowest BCUT2D eigenvalue weighted by atomic mass is 9.84. The quantitative estimate of drug-likeness (QED) is 0.556. The minimum absolute atomic E-state index is 0.193. The van der Waals surface area contributed by atoms with Crippen LogP contribution in [0.1, 0.15) is 80.1 Å². The molecular weight excluding hydrogens is 328 g/mol. The molecule has 0 aromatic rings. The molecule has 0 amide bonds. The van der Waals surface area contributed by atoms with Gasteiger partial charge in [0.2, 0.25) is 0 Å². The van der Waals surface area contributed by atoms with Crippen LogP contribution in [0.15, 0.2) is 0 Å². The van der Waals surface area contributed by atoms with Crippen LogP contribution in [0.5, 0.6) is 0 Å². The topological polar surface area (TPSA) is 71.4 Å². The summed E-state index contributed by atoms with van der Waals surface area (Å²) in [4.78, 5) is 38.5. The maximum absolute atomic E-state index is 13.0. The van der Waals surface area contributed by atoms with Crippen LogP contribution >= 0.6 is 0 Å². The fourth-order valence-electron chi connectivity index (χ4n) is 3.80. The van der Waals surface area contributed by atoms with Crippen molar-refractivity contribution in [3.05, 3.63) is 0 Å². The zero-order valence-corrected chi connectivity index (χ0v) is 17.5. The van der Waals surface area contributed by atoms with Gasteiger partial charge >= 0.3 is 0 Å². The van der Waals surface area contributed by atoms with E-state index in [0.717, 1.165) is 12.8 Å². The number of rotatable bonds is 11. The lowest BCUT2D eigenvalue weighted by Gasteiger charge is -2.21. The highest BCUT2D eigenvalue weighted by molar-refractivity contribution is 6.25. The highest BCUT2D eigenvalue weighted by Gasteiger charge is 2.52. The first-order valence-electron chi connectivity index (χ1n) is 10.4. The summed E-state index contributed by atoms with van der Waals surface area (Å²) in [6, 6.07) is 0. The summed E-state index contributed by atoms with van der Waals surface area (Å²) in [6.45, 7) is 12.1. The fourth-order valence-corrected chi connectivity index (χ4v) is 3.80. The first-order chi connectivity index (χ1) is 12.1. The van der Waals surface area contributed by atoms with Gasteiger partial charge in [-0.15, -0.1) is 0 Å². The molecule has 0 bridgehead atoms. The molecule has 0 saturated heterocycles. The zero-order chi connectivity index (χ0) is 20.0. The summed E-state index contributed by atoms with van der Waals surface area (Å²) in [6.07, 6.45) is 3.37. The van der Waals surface area contributed by atoms with Gasteiger partial charge in [-0.1, -0.05) is 48.0 Å². The largest absolute Gasteiger partial charge is 0.393 e. The molecule has 0 aromatic heterocycles. The van der Waals surface area contributed by atoms with Crippen LogP contribution in [0.4, 0.5) is 0 Å². The van der Waals surface area contributed by atoms with Crippen LogP contribution in [0.25, 0.3) is 0 Å². The Morgan fingerprint density at radius 3 is 1.96 bits per heavy atom. The minimum atomic E-state index is -1.09. The monoisotopic (exact) mass is 366 g/mol. The molecule has 5 unspecified atom stereocenters. The van der Waals surface area contributed by atoms with Crippen molar-refractivity contribution in [2.24, 2.45) is 35.5 Å². The Bertz CT molecular complexity index is 494. The van der Waals surface area contributed by atoms with Crippen LogP contribution in [0.3, 0.4) is 0 Å². The Kier molecular flexibility index (Phi) is 9.15. The van der Waals surface area contributed by atoms with E-state index in [9.17, 15) is 19.5 Å². The number of carbonyl (C=O) groups excluding carboxylic acids is 3. The highest BCUT2D eigenvalue weighted by Crippen LogP contribution is 2.39. The predicted molar refractivity (Wildman–Crippen MR) is 104 cm³/mol. The van der Waals surface area contributed by atoms with Gasteiger partial charge in [-0.3, -0.25) is 14.4 Å². The van der Waals surface area contributed by atoms with E-state index < -0.39 is 23.9 Å². The van der Waals surface area contributed by atoms with Gasteiger partial charge in [-0.05, 0) is 43.9 Å². The molecule has 0 aromatic carbocycles. The van der Waals surface area contributed by atoms with Crippen molar-refractivity contribution in [1.29, 1.82) is 0 Å². The number of Topliss-reactive ketones (excluding diaryl/α,β-unsaturated/α-hetero) is 3. The molecular formula is C22H38O4. The first kappa shape index (κ1) is 23.0. The maximum atomic E-state index is 13.0.